The minimum Gasteiger partial charge on any atom is -0.478 e. The third kappa shape index (κ3) is 9.56. The maximum absolute atomic E-state index is 9.55. The first-order valence-corrected chi connectivity index (χ1v) is 11.8. The number of nitrogen functional groups attached to an aromatic ring is 1. The van der Waals surface area contributed by atoms with Crippen LogP contribution in [-0.2, 0) is 22.4 Å². The number of aliphatic carboxylic acids is 2. The SMILES string of the molecule is CCCCc1nc(N)c2n[nH]c(CCCCCCN3CCCC3)c2n1.O=C(O)C=CC(=O)O. The Morgan fingerprint density at radius 2 is 1.64 bits per heavy atom. The van der Waals surface area contributed by atoms with Gasteiger partial charge in [-0.1, -0.05) is 26.2 Å². The zero-order valence-corrected chi connectivity index (χ0v) is 19.4. The van der Waals surface area contributed by atoms with Crippen molar-refractivity contribution in [2.24, 2.45) is 0 Å². The van der Waals surface area contributed by atoms with Crippen molar-refractivity contribution < 1.29 is 19.8 Å². The van der Waals surface area contributed by atoms with Crippen molar-refractivity contribution in [3.05, 3.63) is 23.7 Å². The Morgan fingerprint density at radius 1 is 0.970 bits per heavy atom. The molecule has 0 bridgehead atoms. The van der Waals surface area contributed by atoms with E-state index in [4.69, 9.17) is 20.9 Å². The fourth-order valence-electron chi connectivity index (χ4n) is 3.78. The molecule has 0 spiro atoms. The number of hydrogen-bond acceptors (Lipinski definition) is 7. The lowest BCUT2D eigenvalue weighted by Gasteiger charge is -2.13. The summed E-state index contributed by atoms with van der Waals surface area (Å²) < 4.78 is 0. The Kier molecular flexibility index (Phi) is 11.3. The molecule has 0 aliphatic carbocycles. The summed E-state index contributed by atoms with van der Waals surface area (Å²) in [5, 5.41) is 23.1. The average Bonchev–Trinajstić information content (AvgIpc) is 3.44. The number of aryl methyl sites for hydroxylation is 2. The number of rotatable bonds is 12. The Bertz CT molecular complexity index is 905. The maximum Gasteiger partial charge on any atom is 0.328 e. The highest BCUT2D eigenvalue weighted by Crippen LogP contribution is 2.21. The van der Waals surface area contributed by atoms with Gasteiger partial charge in [-0.25, -0.2) is 19.6 Å². The smallest absolute Gasteiger partial charge is 0.328 e. The summed E-state index contributed by atoms with van der Waals surface area (Å²) in [5.74, 6) is -1.16. The molecule has 10 heteroatoms. The van der Waals surface area contributed by atoms with E-state index in [9.17, 15) is 9.59 Å². The number of aromatic nitrogens is 4. The van der Waals surface area contributed by atoms with Gasteiger partial charge < -0.3 is 20.8 Å². The van der Waals surface area contributed by atoms with Gasteiger partial charge in [0, 0.05) is 18.6 Å². The Balaban J connectivity index is 0.000000414. The number of likely N-dealkylation sites (tertiary alicyclic amines) is 1. The highest BCUT2D eigenvalue weighted by Gasteiger charge is 2.13. The molecule has 0 radical (unpaired) electrons. The van der Waals surface area contributed by atoms with Crippen LogP contribution in [0.2, 0.25) is 0 Å². The topological polar surface area (TPSA) is 158 Å². The number of unbranched alkanes of at least 4 members (excludes halogenated alkanes) is 4. The monoisotopic (exact) mass is 460 g/mol. The van der Waals surface area contributed by atoms with Crippen molar-refractivity contribution >= 4 is 28.8 Å². The number of carbonyl (C=O) groups is 2. The van der Waals surface area contributed by atoms with Gasteiger partial charge in [-0.05, 0) is 58.2 Å². The number of nitrogens with zero attached hydrogens (tertiary/aromatic N) is 4. The number of hydrogen-bond donors (Lipinski definition) is 4. The second-order valence-corrected chi connectivity index (χ2v) is 8.25. The molecule has 1 saturated heterocycles. The van der Waals surface area contributed by atoms with Crippen molar-refractivity contribution in [3.8, 4) is 0 Å². The lowest BCUT2D eigenvalue weighted by Crippen LogP contribution is -2.20. The van der Waals surface area contributed by atoms with Crippen LogP contribution < -0.4 is 5.73 Å². The molecule has 3 rings (SSSR count). The van der Waals surface area contributed by atoms with Gasteiger partial charge in [-0.15, -0.1) is 0 Å². The molecule has 2 aromatic heterocycles. The van der Waals surface area contributed by atoms with E-state index in [-0.39, 0.29) is 0 Å². The van der Waals surface area contributed by atoms with E-state index < -0.39 is 11.9 Å². The zero-order chi connectivity index (χ0) is 24.1. The third-order valence-electron chi connectivity index (χ3n) is 5.52. The molecular weight excluding hydrogens is 424 g/mol. The fourth-order valence-corrected chi connectivity index (χ4v) is 3.78. The van der Waals surface area contributed by atoms with Crippen LogP contribution in [0.3, 0.4) is 0 Å². The number of carboxylic acids is 2. The summed E-state index contributed by atoms with van der Waals surface area (Å²) >= 11 is 0. The normalized spacial score (nSPS) is 14.0. The van der Waals surface area contributed by atoms with Gasteiger partial charge >= 0.3 is 11.9 Å². The summed E-state index contributed by atoms with van der Waals surface area (Å²) in [5.41, 5.74) is 8.82. The van der Waals surface area contributed by atoms with E-state index >= 15 is 0 Å². The minimum atomic E-state index is -1.26. The van der Waals surface area contributed by atoms with Gasteiger partial charge in [0.05, 0.1) is 5.69 Å². The Labute approximate surface area is 194 Å². The molecule has 1 fully saturated rings. The van der Waals surface area contributed by atoms with E-state index in [1.165, 1.54) is 58.2 Å². The number of nitrogens with two attached hydrogens (primary N) is 1. The largest absolute Gasteiger partial charge is 0.478 e. The maximum atomic E-state index is 9.55. The molecular formula is C23H36N6O4. The molecule has 0 unspecified atom stereocenters. The molecule has 0 atom stereocenters. The number of fused-ring (bicyclic) bond motifs is 1. The number of nitrogens with one attached hydrogen (secondary N) is 1. The van der Waals surface area contributed by atoms with Gasteiger partial charge in [0.1, 0.15) is 11.3 Å². The van der Waals surface area contributed by atoms with E-state index in [1.54, 1.807) is 0 Å². The average molecular weight is 461 g/mol. The molecule has 5 N–H and O–H groups in total. The highest BCUT2D eigenvalue weighted by atomic mass is 16.4. The van der Waals surface area contributed by atoms with Crippen LogP contribution in [0.15, 0.2) is 12.2 Å². The molecule has 182 valence electrons. The molecule has 3 heterocycles. The van der Waals surface area contributed by atoms with Crippen molar-refractivity contribution in [2.45, 2.75) is 71.1 Å². The molecule has 2 aromatic rings. The van der Waals surface area contributed by atoms with Crippen LogP contribution in [0, 0.1) is 0 Å². The Hall–Kier alpha value is -3.01. The first-order chi connectivity index (χ1) is 15.9. The zero-order valence-electron chi connectivity index (χ0n) is 19.4. The first kappa shape index (κ1) is 26.2. The molecule has 1 aliphatic rings. The third-order valence-corrected chi connectivity index (χ3v) is 5.52. The quantitative estimate of drug-likeness (QED) is 0.275. The van der Waals surface area contributed by atoms with Gasteiger partial charge in [0.15, 0.2) is 11.3 Å². The lowest BCUT2D eigenvalue weighted by atomic mass is 10.1. The van der Waals surface area contributed by atoms with Crippen molar-refractivity contribution in [3.63, 3.8) is 0 Å². The summed E-state index contributed by atoms with van der Waals surface area (Å²) in [7, 11) is 0. The molecule has 33 heavy (non-hydrogen) atoms. The second-order valence-electron chi connectivity index (χ2n) is 8.25. The first-order valence-electron chi connectivity index (χ1n) is 11.8. The van der Waals surface area contributed by atoms with E-state index in [1.807, 2.05) is 0 Å². The van der Waals surface area contributed by atoms with Crippen LogP contribution in [0.25, 0.3) is 11.0 Å². The van der Waals surface area contributed by atoms with Crippen LogP contribution in [0.1, 0.15) is 69.8 Å². The van der Waals surface area contributed by atoms with Crippen LogP contribution >= 0.6 is 0 Å². The highest BCUT2D eigenvalue weighted by molar-refractivity contribution is 5.89. The Morgan fingerprint density at radius 3 is 2.27 bits per heavy atom. The standard InChI is InChI=1S/C19H32N6.C4H4O4/c1-2-3-11-16-21-17-15(23-24-18(17)19(20)22-16)10-6-4-5-7-12-25-13-8-9-14-25;5-3(6)1-2-4(7)8/h2-14H2,1H3,(H,23,24)(H2,20,21,22);1-2H,(H,5,6)(H,7,8). The number of H-pyrrole nitrogens is 1. The van der Waals surface area contributed by atoms with Gasteiger partial charge in [0.25, 0.3) is 0 Å². The number of carboxylic acid groups (broad SMARTS) is 2. The van der Waals surface area contributed by atoms with Crippen LogP contribution in [0.5, 0.6) is 0 Å². The summed E-state index contributed by atoms with van der Waals surface area (Å²) in [4.78, 5) is 30.8. The van der Waals surface area contributed by atoms with Crippen LogP contribution in [-0.4, -0.2) is 66.9 Å². The van der Waals surface area contributed by atoms with Gasteiger partial charge in [-0.2, -0.15) is 5.10 Å². The predicted molar refractivity (Wildman–Crippen MR) is 127 cm³/mol. The molecule has 0 aromatic carbocycles. The van der Waals surface area contributed by atoms with Crippen molar-refractivity contribution in [1.29, 1.82) is 0 Å². The van der Waals surface area contributed by atoms with Gasteiger partial charge in [-0.3, -0.25) is 5.10 Å². The summed E-state index contributed by atoms with van der Waals surface area (Å²) in [6, 6.07) is 0. The van der Waals surface area contributed by atoms with Crippen LogP contribution in [0.4, 0.5) is 5.82 Å². The predicted octanol–water partition coefficient (Wildman–Crippen LogP) is 3.19. The molecule has 1 aliphatic heterocycles. The lowest BCUT2D eigenvalue weighted by molar-refractivity contribution is -0.134. The van der Waals surface area contributed by atoms with E-state index in [0.717, 1.165) is 48.2 Å². The van der Waals surface area contributed by atoms with E-state index in [2.05, 4.69) is 27.0 Å². The molecule has 0 amide bonds. The van der Waals surface area contributed by atoms with E-state index in [0.29, 0.717) is 18.0 Å². The number of anilines is 1. The molecule has 10 nitrogen and oxygen atoms in total. The van der Waals surface area contributed by atoms with Gasteiger partial charge in [0.2, 0.25) is 0 Å². The molecule has 0 saturated carbocycles. The summed E-state index contributed by atoms with van der Waals surface area (Å²) in [6.07, 6.45) is 13.1. The fraction of sp³-hybridized carbons (Fsp3) is 0.609. The summed E-state index contributed by atoms with van der Waals surface area (Å²) in [6.45, 7) is 6.07. The number of aromatic amines is 1. The second kappa shape index (κ2) is 14.2. The van der Waals surface area contributed by atoms with Crippen molar-refractivity contribution in [1.82, 2.24) is 25.1 Å². The van der Waals surface area contributed by atoms with Crippen molar-refractivity contribution in [2.75, 3.05) is 25.4 Å². The minimum absolute atomic E-state index is 0.504.